The van der Waals surface area contributed by atoms with Crippen molar-refractivity contribution >= 4 is 15.9 Å². The minimum absolute atomic E-state index is 0.0769. The predicted molar refractivity (Wildman–Crippen MR) is 118 cm³/mol. The lowest BCUT2D eigenvalue weighted by atomic mass is 10.1. The van der Waals surface area contributed by atoms with E-state index >= 15 is 0 Å². The van der Waals surface area contributed by atoms with Crippen molar-refractivity contribution in [2.75, 3.05) is 26.2 Å². The molecule has 3 aromatic rings. The second-order valence-corrected chi connectivity index (χ2v) is 9.73. The summed E-state index contributed by atoms with van der Waals surface area (Å²) in [6.45, 7) is 5.88. The molecule has 4 rings (SSSR count). The zero-order chi connectivity index (χ0) is 22.0. The fourth-order valence-electron chi connectivity index (χ4n) is 3.87. The van der Waals surface area contributed by atoms with Gasteiger partial charge in [0, 0.05) is 37.4 Å². The van der Waals surface area contributed by atoms with Gasteiger partial charge in [0.25, 0.3) is 5.91 Å². The average molecular weight is 439 g/mol. The van der Waals surface area contributed by atoms with E-state index in [4.69, 9.17) is 0 Å². The highest BCUT2D eigenvalue weighted by Gasteiger charge is 2.30. The first-order chi connectivity index (χ1) is 14.8. The first kappa shape index (κ1) is 21.3. The van der Waals surface area contributed by atoms with Gasteiger partial charge in [-0.1, -0.05) is 30.3 Å². The Hall–Kier alpha value is -2.97. The number of sulfonamides is 1. The molecular formula is C23H26N4O3S. The second-order valence-electron chi connectivity index (χ2n) is 7.79. The molecule has 7 nitrogen and oxygen atoms in total. The van der Waals surface area contributed by atoms with E-state index in [0.717, 1.165) is 17.0 Å². The van der Waals surface area contributed by atoms with E-state index in [9.17, 15) is 13.2 Å². The normalized spacial score (nSPS) is 15.2. The summed E-state index contributed by atoms with van der Waals surface area (Å²) in [7, 11) is -3.53. The molecule has 0 spiro atoms. The van der Waals surface area contributed by atoms with Crippen molar-refractivity contribution in [3.8, 4) is 0 Å². The number of piperazine rings is 1. The van der Waals surface area contributed by atoms with Gasteiger partial charge in [-0.2, -0.15) is 9.40 Å². The number of hydrogen-bond donors (Lipinski definition) is 0. The number of carbonyl (C=O) groups is 1. The minimum atomic E-state index is -3.53. The zero-order valence-electron chi connectivity index (χ0n) is 17.7. The molecule has 1 saturated heterocycles. The van der Waals surface area contributed by atoms with Gasteiger partial charge in [-0.15, -0.1) is 0 Å². The van der Waals surface area contributed by atoms with Crippen LogP contribution in [0.15, 0.2) is 65.6 Å². The SMILES string of the molecule is Cc1cc(C)n(Cc2cccc(C(=O)N3CCN(S(=O)(=O)c4ccccc4)CC3)c2)n1. The van der Waals surface area contributed by atoms with Crippen molar-refractivity contribution < 1.29 is 13.2 Å². The molecule has 1 aliphatic rings. The molecule has 2 aromatic carbocycles. The number of rotatable bonds is 5. The van der Waals surface area contributed by atoms with Crippen molar-refractivity contribution in [1.29, 1.82) is 0 Å². The number of benzene rings is 2. The van der Waals surface area contributed by atoms with Gasteiger partial charge in [-0.25, -0.2) is 8.42 Å². The Morgan fingerprint density at radius 2 is 1.65 bits per heavy atom. The van der Waals surface area contributed by atoms with E-state index < -0.39 is 10.0 Å². The van der Waals surface area contributed by atoms with Gasteiger partial charge in [0.15, 0.2) is 0 Å². The Morgan fingerprint density at radius 1 is 0.935 bits per heavy atom. The standard InChI is InChI=1S/C23H26N4O3S/c1-18-15-19(2)27(24-18)17-20-7-6-8-21(16-20)23(28)25-11-13-26(14-12-25)31(29,30)22-9-4-3-5-10-22/h3-10,15-16H,11-14,17H2,1-2H3. The Kier molecular flexibility index (Phi) is 5.93. The van der Waals surface area contributed by atoms with E-state index in [1.807, 2.05) is 42.8 Å². The summed E-state index contributed by atoms with van der Waals surface area (Å²) >= 11 is 0. The molecule has 0 unspecified atom stereocenters. The Morgan fingerprint density at radius 3 is 2.29 bits per heavy atom. The third-order valence-electron chi connectivity index (χ3n) is 5.52. The molecule has 0 N–H and O–H groups in total. The van der Waals surface area contributed by atoms with Crippen LogP contribution in [0.1, 0.15) is 27.3 Å². The number of nitrogens with zero attached hydrogens (tertiary/aromatic N) is 4. The average Bonchev–Trinajstić information content (AvgIpc) is 3.10. The van der Waals surface area contributed by atoms with Crippen LogP contribution < -0.4 is 0 Å². The fraction of sp³-hybridized carbons (Fsp3) is 0.304. The van der Waals surface area contributed by atoms with Crippen LogP contribution in [0.25, 0.3) is 0 Å². The van der Waals surface area contributed by atoms with Gasteiger partial charge in [0.1, 0.15) is 0 Å². The van der Waals surface area contributed by atoms with Crippen molar-refractivity contribution in [3.05, 3.63) is 83.2 Å². The molecular weight excluding hydrogens is 412 g/mol. The summed E-state index contributed by atoms with van der Waals surface area (Å²) in [6.07, 6.45) is 0. The number of aromatic nitrogens is 2. The smallest absolute Gasteiger partial charge is 0.253 e. The topological polar surface area (TPSA) is 75.5 Å². The largest absolute Gasteiger partial charge is 0.336 e. The monoisotopic (exact) mass is 438 g/mol. The minimum Gasteiger partial charge on any atom is -0.336 e. The lowest BCUT2D eigenvalue weighted by Crippen LogP contribution is -2.50. The highest BCUT2D eigenvalue weighted by atomic mass is 32.2. The van der Waals surface area contributed by atoms with E-state index in [0.29, 0.717) is 25.2 Å². The van der Waals surface area contributed by atoms with E-state index in [1.165, 1.54) is 4.31 Å². The molecule has 0 atom stereocenters. The molecule has 1 fully saturated rings. The maximum atomic E-state index is 13.0. The second kappa shape index (κ2) is 8.64. The molecule has 0 aliphatic carbocycles. The molecule has 8 heteroatoms. The van der Waals surface area contributed by atoms with Crippen LogP contribution in [0, 0.1) is 13.8 Å². The first-order valence-corrected chi connectivity index (χ1v) is 11.7. The van der Waals surface area contributed by atoms with Crippen molar-refractivity contribution in [2.24, 2.45) is 0 Å². The van der Waals surface area contributed by atoms with Crippen LogP contribution in [-0.2, 0) is 16.6 Å². The maximum Gasteiger partial charge on any atom is 0.253 e. The maximum absolute atomic E-state index is 13.0. The predicted octanol–water partition coefficient (Wildman–Crippen LogP) is 2.69. The third-order valence-corrected chi connectivity index (χ3v) is 7.43. The molecule has 31 heavy (non-hydrogen) atoms. The summed E-state index contributed by atoms with van der Waals surface area (Å²) in [5.74, 6) is -0.0769. The summed E-state index contributed by atoms with van der Waals surface area (Å²) in [5, 5.41) is 4.49. The molecule has 0 radical (unpaired) electrons. The number of carbonyl (C=O) groups excluding carboxylic acids is 1. The lowest BCUT2D eigenvalue weighted by Gasteiger charge is -2.34. The number of aryl methyl sites for hydroxylation is 2. The van der Waals surface area contributed by atoms with Gasteiger partial charge in [-0.05, 0) is 49.7 Å². The summed E-state index contributed by atoms with van der Waals surface area (Å²) in [4.78, 5) is 15.0. The first-order valence-electron chi connectivity index (χ1n) is 10.3. The highest BCUT2D eigenvalue weighted by Crippen LogP contribution is 2.19. The van der Waals surface area contributed by atoms with Crippen LogP contribution in [-0.4, -0.2) is 59.5 Å². The third kappa shape index (κ3) is 4.55. The Bertz CT molecular complexity index is 1180. The van der Waals surface area contributed by atoms with Gasteiger partial charge < -0.3 is 4.90 Å². The lowest BCUT2D eigenvalue weighted by molar-refractivity contribution is 0.0697. The van der Waals surface area contributed by atoms with Crippen LogP contribution in [0.2, 0.25) is 0 Å². The highest BCUT2D eigenvalue weighted by molar-refractivity contribution is 7.89. The van der Waals surface area contributed by atoms with Crippen molar-refractivity contribution in [2.45, 2.75) is 25.3 Å². The Balaban J connectivity index is 1.43. The van der Waals surface area contributed by atoms with E-state index in [2.05, 4.69) is 5.10 Å². The molecule has 0 bridgehead atoms. The van der Waals surface area contributed by atoms with Gasteiger partial charge in [-0.3, -0.25) is 9.48 Å². The molecule has 1 aromatic heterocycles. The quantitative estimate of drug-likeness (QED) is 0.614. The molecule has 2 heterocycles. The molecule has 1 aliphatic heterocycles. The van der Waals surface area contributed by atoms with Gasteiger partial charge >= 0.3 is 0 Å². The molecule has 0 saturated carbocycles. The summed E-state index contributed by atoms with van der Waals surface area (Å²) < 4.78 is 29.0. The van der Waals surface area contributed by atoms with Crippen LogP contribution in [0.4, 0.5) is 0 Å². The fourth-order valence-corrected chi connectivity index (χ4v) is 5.31. The van der Waals surface area contributed by atoms with Crippen LogP contribution >= 0.6 is 0 Å². The van der Waals surface area contributed by atoms with Crippen molar-refractivity contribution in [3.63, 3.8) is 0 Å². The summed E-state index contributed by atoms with van der Waals surface area (Å²) in [5.41, 5.74) is 3.65. The van der Waals surface area contributed by atoms with Gasteiger partial charge in [0.2, 0.25) is 10.0 Å². The van der Waals surface area contributed by atoms with E-state index in [-0.39, 0.29) is 23.9 Å². The van der Waals surface area contributed by atoms with Crippen LogP contribution in [0.5, 0.6) is 0 Å². The number of amides is 1. The van der Waals surface area contributed by atoms with E-state index in [1.54, 1.807) is 41.3 Å². The number of hydrogen-bond acceptors (Lipinski definition) is 4. The Labute approximate surface area is 183 Å². The molecule has 1 amide bonds. The zero-order valence-corrected chi connectivity index (χ0v) is 18.5. The van der Waals surface area contributed by atoms with Gasteiger partial charge in [0.05, 0.1) is 17.1 Å². The van der Waals surface area contributed by atoms with Crippen LogP contribution in [0.3, 0.4) is 0 Å². The summed E-state index contributed by atoms with van der Waals surface area (Å²) in [6, 6.07) is 18.0. The molecule has 162 valence electrons. The van der Waals surface area contributed by atoms with Crippen molar-refractivity contribution in [1.82, 2.24) is 19.0 Å².